The normalized spacial score (nSPS) is 12.1. The third-order valence-corrected chi connectivity index (χ3v) is 3.35. The third kappa shape index (κ3) is 3.43. The smallest absolute Gasteiger partial charge is 0.224 e. The molecule has 0 spiro atoms. The lowest BCUT2D eigenvalue weighted by atomic mass is 10.1. The Balaban J connectivity index is 1.91. The van der Waals surface area contributed by atoms with Gasteiger partial charge in [-0.1, -0.05) is 30.3 Å². The Labute approximate surface area is 105 Å². The van der Waals surface area contributed by atoms with Crippen LogP contribution in [0.2, 0.25) is 0 Å². The molecule has 1 N–H and O–H groups in total. The summed E-state index contributed by atoms with van der Waals surface area (Å²) in [5.41, 5.74) is 2.21. The molecular formula is C14H15NOS. The van der Waals surface area contributed by atoms with Crippen LogP contribution in [0.25, 0.3) is 0 Å². The standard InChI is InChI=1S/C14H15NOS/c1-11(13-5-3-2-4-6-13)15-14(16)9-12-7-8-17-10-12/h2-8,10-11H,9H2,1H3,(H,15,16)/t11-/m1/s1. The molecule has 88 valence electrons. The van der Waals surface area contributed by atoms with Gasteiger partial charge in [-0.25, -0.2) is 0 Å². The fraction of sp³-hybridized carbons (Fsp3) is 0.214. The van der Waals surface area contributed by atoms with E-state index in [9.17, 15) is 4.79 Å². The molecule has 1 aromatic carbocycles. The van der Waals surface area contributed by atoms with Crippen LogP contribution in [0.15, 0.2) is 47.2 Å². The van der Waals surface area contributed by atoms with Gasteiger partial charge in [0.1, 0.15) is 0 Å². The van der Waals surface area contributed by atoms with Gasteiger partial charge in [-0.3, -0.25) is 4.79 Å². The van der Waals surface area contributed by atoms with Crippen molar-refractivity contribution in [3.63, 3.8) is 0 Å². The lowest BCUT2D eigenvalue weighted by Gasteiger charge is -2.13. The van der Waals surface area contributed by atoms with Crippen LogP contribution in [-0.4, -0.2) is 5.91 Å². The maximum atomic E-state index is 11.8. The van der Waals surface area contributed by atoms with Crippen LogP contribution >= 0.6 is 11.3 Å². The van der Waals surface area contributed by atoms with Gasteiger partial charge in [0, 0.05) is 0 Å². The zero-order valence-electron chi connectivity index (χ0n) is 9.72. The van der Waals surface area contributed by atoms with Gasteiger partial charge in [-0.2, -0.15) is 11.3 Å². The van der Waals surface area contributed by atoms with E-state index < -0.39 is 0 Å². The first-order valence-corrected chi connectivity index (χ1v) is 6.55. The number of carbonyl (C=O) groups is 1. The molecule has 0 saturated carbocycles. The molecule has 0 fully saturated rings. The average Bonchev–Trinajstić information content (AvgIpc) is 2.82. The van der Waals surface area contributed by atoms with Crippen molar-refractivity contribution in [3.8, 4) is 0 Å². The predicted molar refractivity (Wildman–Crippen MR) is 71.0 cm³/mol. The molecule has 0 aliphatic carbocycles. The molecule has 1 aromatic heterocycles. The molecular weight excluding hydrogens is 230 g/mol. The number of hydrogen-bond acceptors (Lipinski definition) is 2. The van der Waals surface area contributed by atoms with Crippen LogP contribution in [0.3, 0.4) is 0 Å². The van der Waals surface area contributed by atoms with Gasteiger partial charge in [-0.15, -0.1) is 0 Å². The highest BCUT2D eigenvalue weighted by molar-refractivity contribution is 7.07. The predicted octanol–water partition coefficient (Wildman–Crippen LogP) is 3.17. The first-order valence-electron chi connectivity index (χ1n) is 5.61. The number of thiophene rings is 1. The maximum absolute atomic E-state index is 11.8. The molecule has 0 unspecified atom stereocenters. The number of hydrogen-bond donors (Lipinski definition) is 1. The number of rotatable bonds is 4. The van der Waals surface area contributed by atoms with Crippen molar-refractivity contribution < 1.29 is 4.79 Å². The van der Waals surface area contributed by atoms with Crippen molar-refractivity contribution in [2.45, 2.75) is 19.4 Å². The molecule has 1 heterocycles. The molecule has 17 heavy (non-hydrogen) atoms. The van der Waals surface area contributed by atoms with E-state index in [4.69, 9.17) is 0 Å². The molecule has 0 radical (unpaired) electrons. The zero-order chi connectivity index (χ0) is 12.1. The summed E-state index contributed by atoms with van der Waals surface area (Å²) >= 11 is 1.62. The molecule has 0 bridgehead atoms. The van der Waals surface area contributed by atoms with Gasteiger partial charge in [0.25, 0.3) is 0 Å². The number of amides is 1. The summed E-state index contributed by atoms with van der Waals surface area (Å²) in [7, 11) is 0. The summed E-state index contributed by atoms with van der Waals surface area (Å²) in [4.78, 5) is 11.8. The molecule has 0 aliphatic rings. The lowest BCUT2D eigenvalue weighted by molar-refractivity contribution is -0.121. The lowest BCUT2D eigenvalue weighted by Crippen LogP contribution is -2.27. The van der Waals surface area contributed by atoms with Gasteiger partial charge in [0.05, 0.1) is 12.5 Å². The quantitative estimate of drug-likeness (QED) is 0.880. The van der Waals surface area contributed by atoms with Gasteiger partial charge in [-0.05, 0) is 34.9 Å². The van der Waals surface area contributed by atoms with Gasteiger partial charge in [0.2, 0.25) is 5.91 Å². The minimum absolute atomic E-state index is 0.0577. The SMILES string of the molecule is C[C@@H](NC(=O)Cc1ccsc1)c1ccccc1. The van der Waals surface area contributed by atoms with E-state index >= 15 is 0 Å². The van der Waals surface area contributed by atoms with E-state index in [1.807, 2.05) is 54.1 Å². The topological polar surface area (TPSA) is 29.1 Å². The van der Waals surface area contributed by atoms with Crippen molar-refractivity contribution in [3.05, 3.63) is 58.3 Å². The van der Waals surface area contributed by atoms with Crippen LogP contribution in [0.4, 0.5) is 0 Å². The van der Waals surface area contributed by atoms with Crippen molar-refractivity contribution in [1.82, 2.24) is 5.32 Å². The minimum atomic E-state index is 0.0577. The molecule has 3 heteroatoms. The Hall–Kier alpha value is -1.61. The van der Waals surface area contributed by atoms with Crippen molar-refractivity contribution in [1.29, 1.82) is 0 Å². The Morgan fingerprint density at radius 1 is 1.29 bits per heavy atom. The fourth-order valence-electron chi connectivity index (χ4n) is 1.70. The van der Waals surface area contributed by atoms with Gasteiger partial charge < -0.3 is 5.32 Å². The first kappa shape index (κ1) is 11.9. The first-order chi connectivity index (χ1) is 8.25. The Kier molecular flexibility index (Phi) is 3.94. The van der Waals surface area contributed by atoms with E-state index in [0.717, 1.165) is 11.1 Å². The highest BCUT2D eigenvalue weighted by Crippen LogP contribution is 2.12. The number of benzene rings is 1. The van der Waals surface area contributed by atoms with Crippen molar-refractivity contribution in [2.24, 2.45) is 0 Å². The van der Waals surface area contributed by atoms with Gasteiger partial charge in [0.15, 0.2) is 0 Å². The molecule has 0 saturated heterocycles. The largest absolute Gasteiger partial charge is 0.349 e. The summed E-state index contributed by atoms with van der Waals surface area (Å²) in [5, 5.41) is 7.00. The van der Waals surface area contributed by atoms with Crippen LogP contribution in [-0.2, 0) is 11.2 Å². The summed E-state index contributed by atoms with van der Waals surface area (Å²) < 4.78 is 0. The maximum Gasteiger partial charge on any atom is 0.224 e. The summed E-state index contributed by atoms with van der Waals surface area (Å²) in [6.45, 7) is 2.00. The van der Waals surface area contributed by atoms with E-state index in [1.54, 1.807) is 11.3 Å². The van der Waals surface area contributed by atoms with Gasteiger partial charge >= 0.3 is 0 Å². The van der Waals surface area contributed by atoms with E-state index in [-0.39, 0.29) is 11.9 Å². The summed E-state index contributed by atoms with van der Waals surface area (Å²) in [5.74, 6) is 0.0692. The second-order valence-electron chi connectivity index (χ2n) is 4.01. The van der Waals surface area contributed by atoms with Crippen LogP contribution in [0.1, 0.15) is 24.1 Å². The molecule has 2 aromatic rings. The fourth-order valence-corrected chi connectivity index (χ4v) is 2.36. The van der Waals surface area contributed by atoms with Crippen LogP contribution < -0.4 is 5.32 Å². The summed E-state index contributed by atoms with van der Waals surface area (Å²) in [6.07, 6.45) is 0.459. The number of carbonyl (C=O) groups excluding carboxylic acids is 1. The van der Waals surface area contributed by atoms with E-state index in [1.165, 1.54) is 0 Å². The van der Waals surface area contributed by atoms with E-state index in [2.05, 4.69) is 5.32 Å². The second kappa shape index (κ2) is 5.64. The van der Waals surface area contributed by atoms with Crippen molar-refractivity contribution >= 4 is 17.2 Å². The molecule has 2 rings (SSSR count). The summed E-state index contributed by atoms with van der Waals surface area (Å²) in [6, 6.07) is 12.0. The molecule has 1 amide bonds. The average molecular weight is 245 g/mol. The second-order valence-corrected chi connectivity index (χ2v) is 4.79. The Morgan fingerprint density at radius 3 is 2.71 bits per heavy atom. The Morgan fingerprint density at radius 2 is 2.06 bits per heavy atom. The monoisotopic (exact) mass is 245 g/mol. The highest BCUT2D eigenvalue weighted by Gasteiger charge is 2.09. The van der Waals surface area contributed by atoms with Crippen molar-refractivity contribution in [2.75, 3.05) is 0 Å². The minimum Gasteiger partial charge on any atom is -0.349 e. The molecule has 2 nitrogen and oxygen atoms in total. The van der Waals surface area contributed by atoms with Crippen LogP contribution in [0, 0.1) is 0 Å². The number of nitrogens with one attached hydrogen (secondary N) is 1. The van der Waals surface area contributed by atoms with E-state index in [0.29, 0.717) is 6.42 Å². The van der Waals surface area contributed by atoms with Crippen LogP contribution in [0.5, 0.6) is 0 Å². The molecule has 1 atom stereocenters. The zero-order valence-corrected chi connectivity index (χ0v) is 10.5. The Bertz CT molecular complexity index is 464. The molecule has 0 aliphatic heterocycles. The highest BCUT2D eigenvalue weighted by atomic mass is 32.1. The third-order valence-electron chi connectivity index (χ3n) is 2.62.